The van der Waals surface area contributed by atoms with Crippen molar-refractivity contribution in [3.05, 3.63) is 494 Å². The summed E-state index contributed by atoms with van der Waals surface area (Å²) in [4.78, 5) is 3.39. The normalized spacial score (nSPS) is 17.1. The molecule has 6 aliphatic rings. The van der Waals surface area contributed by atoms with Crippen LogP contribution in [0.2, 0.25) is 13.1 Å². The van der Waals surface area contributed by atoms with Crippen molar-refractivity contribution in [3.63, 3.8) is 0 Å². The average Bonchev–Trinajstić information content (AvgIpc) is 1.48. The number of aromatic nitrogens is 1. The molecule has 1 aromatic heterocycles. The number of aromatic amines is 1. The van der Waals surface area contributed by atoms with Gasteiger partial charge in [-0.2, -0.15) is 0 Å². The quantitative estimate of drug-likeness (QED) is 0.0924. The van der Waals surface area contributed by atoms with E-state index in [9.17, 15) is 12.3 Å². The van der Waals surface area contributed by atoms with E-state index in [-0.39, 0.29) is 14.3 Å². The molecule has 6 aliphatic heterocycles. The third kappa shape index (κ3) is 15.3. The van der Waals surface area contributed by atoms with Gasteiger partial charge in [-0.1, -0.05) is 417 Å². The van der Waals surface area contributed by atoms with Gasteiger partial charge in [0.05, 0.1) is 0 Å². The van der Waals surface area contributed by atoms with Crippen LogP contribution in [0.3, 0.4) is 0 Å². The first-order valence-electron chi connectivity index (χ1n) is 41.5. The smallest absolute Gasteiger partial charge is 0.392 e. The van der Waals surface area contributed by atoms with E-state index < -0.39 is 41.8 Å². The summed E-state index contributed by atoms with van der Waals surface area (Å²) < 4.78 is 28.8. The van der Waals surface area contributed by atoms with Gasteiger partial charge in [0.1, 0.15) is 0 Å². The van der Waals surface area contributed by atoms with Gasteiger partial charge in [0.2, 0.25) is 0 Å². The van der Waals surface area contributed by atoms with Crippen LogP contribution in [-0.4, -0.2) is 46.8 Å². The molecular formula is C114H107NO3Si5. The topological polar surface area (TPSA) is 43.5 Å². The van der Waals surface area contributed by atoms with Gasteiger partial charge < -0.3 is 17.3 Å². The molecule has 13 aromatic rings. The van der Waals surface area contributed by atoms with E-state index >= 15 is 0 Å². The van der Waals surface area contributed by atoms with Crippen molar-refractivity contribution in [3.8, 4) is 71.3 Å². The number of H-pyrrole nitrogens is 1. The molecule has 1 unspecified atom stereocenters. The van der Waals surface area contributed by atoms with Gasteiger partial charge in [-0.05, 0) is 193 Å². The largest absolute Gasteiger partial charge is 0.402 e. The van der Waals surface area contributed by atoms with Crippen LogP contribution < -0.4 is 0 Å². The molecule has 1 saturated heterocycles. The Labute approximate surface area is 744 Å². The van der Waals surface area contributed by atoms with E-state index in [0.29, 0.717) is 0 Å². The number of hydrogen-bond donors (Lipinski definition) is 1. The summed E-state index contributed by atoms with van der Waals surface area (Å²) in [5.41, 5.74) is 28.0. The molecular weight excluding hydrogens is 1570 g/mol. The van der Waals surface area contributed by atoms with Crippen LogP contribution in [0.25, 0.3) is 69.8 Å². The fourth-order valence-electron chi connectivity index (χ4n) is 17.9. The minimum Gasteiger partial charge on any atom is -0.402 e. The maximum absolute atomic E-state index is 9.59. The van der Waals surface area contributed by atoms with Gasteiger partial charge in [-0.15, -0.1) is 23.9 Å². The highest BCUT2D eigenvalue weighted by Gasteiger charge is 2.76. The molecule has 0 amide bonds. The van der Waals surface area contributed by atoms with Gasteiger partial charge in [0.25, 0.3) is 0 Å². The third-order valence-corrected chi connectivity index (χ3v) is 46.0. The molecule has 1 N–H and O–H groups in total. The second kappa shape index (κ2) is 35.5. The van der Waals surface area contributed by atoms with Crippen LogP contribution in [0.4, 0.5) is 0 Å². The molecule has 3 spiro atoms. The van der Waals surface area contributed by atoms with Crippen LogP contribution in [0.5, 0.6) is 0 Å². The number of hydrogen-bond acceptors (Lipinski definition) is 3. The summed E-state index contributed by atoms with van der Waals surface area (Å²) in [5, 5.41) is 11.7. The Morgan fingerprint density at radius 3 is 0.650 bits per heavy atom. The molecule has 123 heavy (non-hydrogen) atoms. The number of terminal acetylenes is 2. The van der Waals surface area contributed by atoms with Crippen molar-refractivity contribution < 1.29 is 26.6 Å². The van der Waals surface area contributed by atoms with Crippen LogP contribution in [0.15, 0.2) is 416 Å². The SMILES string of the molecule is C#CC#CC#C[Si]1(C)C(C)=CC=C1C.C#CC#CC#C[Si]1(C)C(C)=CC=C1c1ccc(C)[nH]1.[HH].[HH].[HH].[HH].[HH].[HH].[HH].[HH].[HH].[HH].c1ccc(C2=C(c3ccccc3)[Si]3(O[Si]4(O[Si]5(O3)C(c3ccccc3)=C(c3ccccc3)C(c3ccccc3)=C5c3ccccc3)C(c3ccccc3)=C(c3ccccc3)C(c3ccccc3)=C4c3ccccc3)C(c3ccccc3)=C2c2ccccc2)cc1. The zero-order valence-electron chi connectivity index (χ0n) is 69.5. The number of nitrogens with one attached hydrogen (secondary N) is 1. The Morgan fingerprint density at radius 1 is 0.236 bits per heavy atom. The first-order chi connectivity index (χ1) is 60.3. The monoisotopic (exact) mass is 1680 g/mol. The Kier molecular flexibility index (Phi) is 23.4. The molecule has 4 nitrogen and oxygen atoms in total. The highest BCUT2D eigenvalue weighted by molar-refractivity contribution is 7.27. The van der Waals surface area contributed by atoms with Crippen molar-refractivity contribution >= 4 is 112 Å². The Balaban J connectivity index is 0.000000475. The number of aryl methyl sites for hydroxylation is 1. The Bertz CT molecular complexity index is 6160. The lowest BCUT2D eigenvalue weighted by atomic mass is 9.89. The summed E-state index contributed by atoms with van der Waals surface area (Å²) in [5.74, 6) is 20.7. The molecule has 7 heterocycles. The number of rotatable bonds is 13. The van der Waals surface area contributed by atoms with Gasteiger partial charge >= 0.3 is 25.7 Å². The predicted molar refractivity (Wildman–Crippen MR) is 547 cm³/mol. The lowest BCUT2D eigenvalue weighted by molar-refractivity contribution is 0.274. The molecule has 19 rings (SSSR count). The van der Waals surface area contributed by atoms with Crippen LogP contribution in [0.1, 0.15) is 113 Å². The maximum atomic E-state index is 9.59. The first kappa shape index (κ1) is 81.0. The summed E-state index contributed by atoms with van der Waals surface area (Å²) in [6, 6.07) is 137. The van der Waals surface area contributed by atoms with Gasteiger partial charge in [-0.3, -0.25) is 0 Å². The molecule has 0 aliphatic carbocycles. The van der Waals surface area contributed by atoms with E-state index in [1.54, 1.807) is 0 Å². The minimum atomic E-state index is -4.63. The second-order valence-electron chi connectivity index (χ2n) is 31.3. The predicted octanol–water partition coefficient (Wildman–Crippen LogP) is 28.0. The van der Waals surface area contributed by atoms with Gasteiger partial charge in [-0.25, -0.2) is 0 Å². The van der Waals surface area contributed by atoms with E-state index in [1.165, 1.54) is 26.5 Å². The van der Waals surface area contributed by atoms with Crippen LogP contribution in [0, 0.1) is 78.2 Å². The fraction of sp³-hybridized carbons (Fsp3) is 0.0526. The van der Waals surface area contributed by atoms with Crippen molar-refractivity contribution in [1.29, 1.82) is 0 Å². The summed E-state index contributed by atoms with van der Waals surface area (Å²) in [6.07, 6.45) is 18.8. The second-order valence-corrected chi connectivity index (χ2v) is 48.3. The lowest BCUT2D eigenvalue weighted by Crippen LogP contribution is -2.72. The molecule has 9 heteroatoms. The molecule has 0 saturated carbocycles. The molecule has 0 radical (unpaired) electrons. The molecule has 0 bridgehead atoms. The van der Waals surface area contributed by atoms with Gasteiger partial charge in [0.15, 0.2) is 16.1 Å². The summed E-state index contributed by atoms with van der Waals surface area (Å²) in [6.45, 7) is 13.0. The number of benzene rings is 12. The maximum Gasteiger partial charge on any atom is 0.392 e. The van der Waals surface area contributed by atoms with E-state index in [4.69, 9.17) is 12.8 Å². The van der Waals surface area contributed by atoms with E-state index in [2.05, 4.69) is 505 Å². The highest BCUT2D eigenvalue weighted by atomic mass is 28.5. The number of allylic oxidation sites excluding steroid dienone is 13. The van der Waals surface area contributed by atoms with Crippen LogP contribution >= 0.6 is 0 Å². The molecule has 606 valence electrons. The average molecular weight is 1680 g/mol. The Hall–Kier alpha value is -14.4. The van der Waals surface area contributed by atoms with Crippen LogP contribution in [-0.2, 0) is 12.3 Å². The van der Waals surface area contributed by atoms with E-state index in [1.807, 2.05) is 0 Å². The Morgan fingerprint density at radius 2 is 0.439 bits per heavy atom. The van der Waals surface area contributed by atoms with E-state index in [0.717, 1.165) is 137 Å². The first-order valence-corrected chi connectivity index (χ1v) is 51.9. The summed E-state index contributed by atoms with van der Waals surface area (Å²) in [7, 11) is -17.5. The molecule has 12 aromatic carbocycles. The zero-order chi connectivity index (χ0) is 84.4. The molecule has 1 fully saturated rings. The highest BCUT2D eigenvalue weighted by Crippen LogP contribution is 2.70. The van der Waals surface area contributed by atoms with Gasteiger partial charge in [0, 0.05) is 56.8 Å². The standard InChI is InChI=1S/C84H60O3Si3.C17H15NSi.C13H12Si.10H2/c1-13-37-61(38-14-1)73-74(62-39-15-2-16-40-62)80(68-51-27-8-28-52-68)88(79(73)67-49-25-7-26-50-67)85-89(81(69-53-29-9-30-54-69)75(63-41-17-3-18-42-63)76(64-43-19-4-20-44-64)82(89)70-55-31-10-32-56-70)87-90(86-88)83(71-57-33-11-34-58-71)77(65-45-21-5-22-46-65)78(66-47-23-6-24-48-66)84(90)72-59-35-12-36-60-72;1-5-6-7-8-13-19(4)15(3)10-12-17(19)16-11-9-14(2)18-16;1-5-6-7-8-11-14(4)12(2)9-10-13(14)3;;;;;;;;;;/h1-60H;1,9-12,18H,2-4H3;1,9-10H,2-4H3;10*1H. The minimum absolute atomic E-state index is 0. The molecule has 1 atom stereocenters. The fourth-order valence-corrected chi connectivity index (χ4v) is 41.6. The lowest BCUT2D eigenvalue weighted by Gasteiger charge is -2.54. The third-order valence-electron chi connectivity index (χ3n) is 24.0. The van der Waals surface area contributed by atoms with Crippen molar-refractivity contribution in [2.75, 3.05) is 0 Å². The van der Waals surface area contributed by atoms with Crippen molar-refractivity contribution in [2.45, 2.75) is 40.8 Å². The zero-order valence-corrected chi connectivity index (χ0v) is 74.5. The summed E-state index contributed by atoms with van der Waals surface area (Å²) >= 11 is 0. The van der Waals surface area contributed by atoms with Crippen molar-refractivity contribution in [1.82, 2.24) is 4.98 Å². The van der Waals surface area contributed by atoms with Crippen molar-refractivity contribution in [2.24, 2.45) is 0 Å².